The molecule has 0 N–H and O–H groups in total. The van der Waals surface area contributed by atoms with Gasteiger partial charge in [0.2, 0.25) is 0 Å². The summed E-state index contributed by atoms with van der Waals surface area (Å²) in [6, 6.07) is 0. The van der Waals surface area contributed by atoms with Gasteiger partial charge in [-0.25, -0.2) is 0 Å². The van der Waals surface area contributed by atoms with Crippen molar-refractivity contribution in [1.29, 1.82) is 0 Å². The predicted molar refractivity (Wildman–Crippen MR) is 350 cm³/mol. The molecule has 0 saturated carbocycles. The first-order valence-corrected chi connectivity index (χ1v) is 48.8. The van der Waals surface area contributed by atoms with Crippen LogP contribution in [0.3, 0.4) is 0 Å². The fraction of sp³-hybridized carbons (Fsp3) is 0.851. The molecule has 0 saturated heterocycles. The monoisotopic (exact) mass is 1270 g/mol. The van der Waals surface area contributed by atoms with Crippen LogP contribution in [0, 0.1) is 0 Å². The van der Waals surface area contributed by atoms with E-state index in [1.165, 1.54) is 173 Å². The first-order chi connectivity index (χ1) is 38.8. The summed E-state index contributed by atoms with van der Waals surface area (Å²) in [6.45, 7) is 10.3. The van der Waals surface area contributed by atoms with E-state index in [1.807, 2.05) is 26.8 Å². The van der Waals surface area contributed by atoms with E-state index in [4.69, 9.17) is 18.9 Å². The Morgan fingerprint density at radius 1 is 0.278 bits per heavy atom. The summed E-state index contributed by atoms with van der Waals surface area (Å²) >= 11 is -3.43. The first kappa shape index (κ1) is 77.9. The zero-order chi connectivity index (χ0) is 57.5. The summed E-state index contributed by atoms with van der Waals surface area (Å²) in [6.07, 6.45) is 65.1. The van der Waals surface area contributed by atoms with Crippen molar-refractivity contribution in [2.75, 3.05) is 43.7 Å². The van der Waals surface area contributed by atoms with E-state index in [1.54, 1.807) is 0 Å². The van der Waals surface area contributed by atoms with Crippen LogP contribution in [0.1, 0.15) is 317 Å². The number of carbonyl (C=O) groups excluding carboxylic acids is 4. The van der Waals surface area contributed by atoms with Crippen molar-refractivity contribution in [2.45, 2.75) is 321 Å². The second kappa shape index (κ2) is 64.5. The molecule has 0 radical (unpaired) electrons. The van der Waals surface area contributed by atoms with Crippen molar-refractivity contribution in [3.8, 4) is 0 Å². The van der Waals surface area contributed by atoms with Crippen molar-refractivity contribution in [3.05, 3.63) is 36.5 Å². The predicted octanol–water partition coefficient (Wildman–Crippen LogP) is 21.6. The van der Waals surface area contributed by atoms with Gasteiger partial charge in [-0.1, -0.05) is 154 Å². The van der Waals surface area contributed by atoms with E-state index in [-0.39, 0.29) is 23.9 Å². The average molecular weight is 1270 g/mol. The molecule has 8 nitrogen and oxygen atoms in total. The quantitative estimate of drug-likeness (QED) is 0.0191. The molecule has 0 aliphatic heterocycles. The molecule has 79 heavy (non-hydrogen) atoms. The van der Waals surface area contributed by atoms with Gasteiger partial charge in [0.05, 0.1) is 0 Å². The summed E-state index contributed by atoms with van der Waals surface area (Å²) in [5, 5.41) is 0. The molecule has 12 heteroatoms. The minimum Gasteiger partial charge on any atom is -0.0885 e. The van der Waals surface area contributed by atoms with E-state index in [0.717, 1.165) is 89.9 Å². The Balaban J connectivity index is 5.10. The molecule has 0 aromatic heterocycles. The number of hydrogen-bond acceptors (Lipinski definition) is 11. The summed E-state index contributed by atoms with van der Waals surface area (Å²) in [7, 11) is 5.61. The van der Waals surface area contributed by atoms with Gasteiger partial charge in [-0.2, -0.15) is 0 Å². The van der Waals surface area contributed by atoms with Gasteiger partial charge in [-0.3, -0.25) is 0 Å². The van der Waals surface area contributed by atoms with E-state index in [0.29, 0.717) is 73.8 Å². The van der Waals surface area contributed by atoms with Crippen molar-refractivity contribution in [3.63, 3.8) is 0 Å². The number of rotatable bonds is 63. The molecule has 0 aromatic rings. The van der Waals surface area contributed by atoms with Gasteiger partial charge in [0.15, 0.2) is 0 Å². The third-order valence-corrected chi connectivity index (χ3v) is 54.1. The Bertz CT molecular complexity index is 1300. The number of esters is 4. The zero-order valence-electron chi connectivity index (χ0n) is 51.9. The van der Waals surface area contributed by atoms with Gasteiger partial charge in [-0.15, -0.1) is 0 Å². The van der Waals surface area contributed by atoms with E-state index in [2.05, 4.69) is 64.2 Å². The molecule has 0 amide bonds. The van der Waals surface area contributed by atoms with Crippen LogP contribution < -0.4 is 0 Å². The Kier molecular flexibility index (Phi) is 63.7. The molecule has 0 atom stereocenters. The Labute approximate surface area is 500 Å². The second-order valence-corrected chi connectivity index (χ2v) is 56.0. The van der Waals surface area contributed by atoms with E-state index < -0.39 is 14.2 Å². The summed E-state index contributed by atoms with van der Waals surface area (Å²) in [5.41, 5.74) is 0. The van der Waals surface area contributed by atoms with E-state index in [9.17, 15) is 19.2 Å². The normalized spacial score (nSPS) is 11.9. The van der Waals surface area contributed by atoms with Crippen LogP contribution in [-0.2, 0) is 38.1 Å². The summed E-state index contributed by atoms with van der Waals surface area (Å²) in [5.74, 6) is 1.32. The Morgan fingerprint density at radius 2 is 0.506 bits per heavy atom. The van der Waals surface area contributed by atoms with Crippen molar-refractivity contribution in [2.24, 2.45) is 0 Å². The maximum atomic E-state index is 13.0. The summed E-state index contributed by atoms with van der Waals surface area (Å²) in [4.78, 5) is 51.6. The average Bonchev–Trinajstić information content (AvgIpc) is 3.45. The molecular formula is C67H124O8S3Sn. The Morgan fingerprint density at radius 3 is 0.785 bits per heavy atom. The van der Waals surface area contributed by atoms with Crippen molar-refractivity contribution in [1.82, 2.24) is 0 Å². The van der Waals surface area contributed by atoms with Gasteiger partial charge in [0.1, 0.15) is 0 Å². The molecular weight excluding hydrogens is 1150 g/mol. The standard InChI is InChI=1S/3C20H38O2S.C7H13O2.Sn/c3*1-2-3-4-5-6-7-8-9-10-11-12-13-14-15-16-17-20(21)22-18-19-23;1-3-5-6-9-7(8)4-2;/h3*9-10,23H,2-8,11-19H2,1H3;2-6H2,1H3;/q;;;;+3/p-3/b3*10-9-;;. The number of unbranched alkanes of at least 4 members (excludes halogenated alkanes) is 34. The van der Waals surface area contributed by atoms with Crippen LogP contribution in [0.15, 0.2) is 36.5 Å². The molecule has 0 heterocycles. The van der Waals surface area contributed by atoms with Crippen LogP contribution >= 0.6 is 26.8 Å². The molecule has 0 aliphatic carbocycles. The third kappa shape index (κ3) is 59.9. The van der Waals surface area contributed by atoms with Crippen LogP contribution in [0.25, 0.3) is 0 Å². The van der Waals surface area contributed by atoms with Crippen LogP contribution in [-0.4, -0.2) is 81.8 Å². The molecule has 0 aromatic carbocycles. The fourth-order valence-electron chi connectivity index (χ4n) is 9.29. The van der Waals surface area contributed by atoms with Crippen molar-refractivity contribution >= 4 is 64.9 Å². The maximum absolute atomic E-state index is 13.0. The van der Waals surface area contributed by atoms with Gasteiger partial charge in [-0.05, 0) is 38.5 Å². The molecule has 0 aliphatic rings. The van der Waals surface area contributed by atoms with Crippen LogP contribution in [0.5, 0.6) is 0 Å². The number of carbonyl (C=O) groups is 4. The summed E-state index contributed by atoms with van der Waals surface area (Å²) < 4.78 is 23.7. The molecule has 0 unspecified atom stereocenters. The minimum atomic E-state index is -3.43. The van der Waals surface area contributed by atoms with Gasteiger partial charge >= 0.3 is 312 Å². The van der Waals surface area contributed by atoms with E-state index >= 15 is 0 Å². The molecule has 0 spiro atoms. The van der Waals surface area contributed by atoms with Gasteiger partial charge in [0.25, 0.3) is 0 Å². The van der Waals surface area contributed by atoms with Gasteiger partial charge < -0.3 is 0 Å². The molecule has 0 bridgehead atoms. The molecule has 0 fully saturated rings. The zero-order valence-corrected chi connectivity index (χ0v) is 57.2. The van der Waals surface area contributed by atoms with Crippen molar-refractivity contribution < 1.29 is 38.1 Å². The first-order valence-electron chi connectivity index (χ1n) is 33.3. The number of allylic oxidation sites excluding steroid dienone is 6. The van der Waals surface area contributed by atoms with Gasteiger partial charge in [0, 0.05) is 0 Å². The number of ether oxygens (including phenoxy) is 4. The SMILES string of the molecule is CCCCCCCC/C=C\CCCCCCCC(=O)OCC[S][Sn]([CH2]CC(=O)OCCCC)([S]CCOC(=O)CCCCCCC/C=C\CCCCCCCC)[S]CCOC(=O)CCCCCCC/C=C\CCCCCCCC. The fourth-order valence-corrected chi connectivity index (χ4v) is 46.0. The smallest absolute Gasteiger partial charge is 0.0885 e. The Hall–Kier alpha value is -1.05. The van der Waals surface area contributed by atoms with Crippen LogP contribution in [0.2, 0.25) is 4.44 Å². The third-order valence-electron chi connectivity index (χ3n) is 14.3. The number of hydrogen-bond donors (Lipinski definition) is 0. The molecule has 0 rings (SSSR count). The molecule has 462 valence electrons. The topological polar surface area (TPSA) is 105 Å². The minimum absolute atomic E-state index is 0.143. The second-order valence-electron chi connectivity index (χ2n) is 22.0. The van der Waals surface area contributed by atoms with Crippen LogP contribution in [0.4, 0.5) is 0 Å².